The van der Waals surface area contributed by atoms with E-state index in [0.29, 0.717) is 0 Å². The molecule has 0 aliphatic heterocycles. The molecule has 0 heterocycles. The monoisotopic (exact) mass is 321 g/mol. The highest BCUT2D eigenvalue weighted by Gasteiger charge is 2.20. The minimum atomic E-state index is -0.365. The van der Waals surface area contributed by atoms with Crippen molar-refractivity contribution < 1.29 is 19.5 Å². The fraction of sp³-hybridized carbons (Fsp3) is 0.438. The zero-order chi connectivity index (χ0) is 17.7. The first-order valence-electron chi connectivity index (χ1n) is 7.12. The maximum absolute atomic E-state index is 12.4. The number of ketones is 2. The van der Waals surface area contributed by atoms with E-state index in [2.05, 4.69) is 5.32 Å². The molecule has 2 N–H and O–H groups in total. The van der Waals surface area contributed by atoms with Gasteiger partial charge in [-0.3, -0.25) is 14.4 Å². The summed E-state index contributed by atoms with van der Waals surface area (Å²) in [5, 5.41) is 12.6. The third kappa shape index (κ3) is 5.46. The topological polar surface area (TPSA) is 90.0 Å². The number of anilines is 1. The number of likely N-dealkylation sites (N-methyl/N-ethyl adjacent to an activating group) is 2. The Hall–Kier alpha value is -2.25. The summed E-state index contributed by atoms with van der Waals surface area (Å²) in [5.74, 6) is -1.18. The second kappa shape index (κ2) is 7.85. The van der Waals surface area contributed by atoms with E-state index in [-0.39, 0.29) is 53.1 Å². The van der Waals surface area contributed by atoms with Crippen molar-refractivity contribution in [1.29, 1.82) is 0 Å². The number of carbonyl (C=O) groups excluding carboxylic acids is 3. The van der Waals surface area contributed by atoms with E-state index in [9.17, 15) is 19.5 Å². The largest absolute Gasteiger partial charge is 0.507 e. The molecule has 7 heteroatoms. The molecule has 7 nitrogen and oxygen atoms in total. The SMILES string of the molecule is CC(=O)Nc1cc(O)c(C(=O)CN(C)C)cc1C(=O)CN(C)C. The van der Waals surface area contributed by atoms with E-state index in [1.165, 1.54) is 19.1 Å². The van der Waals surface area contributed by atoms with Gasteiger partial charge in [0.1, 0.15) is 5.75 Å². The first-order valence-corrected chi connectivity index (χ1v) is 7.12. The molecule has 0 aliphatic rings. The van der Waals surface area contributed by atoms with Crippen molar-refractivity contribution in [3.05, 3.63) is 23.3 Å². The summed E-state index contributed by atoms with van der Waals surface area (Å²) >= 11 is 0. The van der Waals surface area contributed by atoms with Gasteiger partial charge >= 0.3 is 0 Å². The van der Waals surface area contributed by atoms with Crippen LogP contribution in [0.25, 0.3) is 0 Å². The number of Topliss-reactive ketones (excluding diaryl/α,β-unsaturated/α-hetero) is 2. The zero-order valence-electron chi connectivity index (χ0n) is 14.1. The number of nitrogens with zero attached hydrogens (tertiary/aromatic N) is 2. The fourth-order valence-corrected chi connectivity index (χ4v) is 2.08. The maximum atomic E-state index is 12.4. The van der Waals surface area contributed by atoms with E-state index >= 15 is 0 Å². The molecule has 1 aromatic carbocycles. The first-order chi connectivity index (χ1) is 10.6. The van der Waals surface area contributed by atoms with Crippen molar-refractivity contribution in [2.75, 3.05) is 46.6 Å². The molecule has 126 valence electrons. The lowest BCUT2D eigenvalue weighted by Crippen LogP contribution is -2.25. The molecule has 23 heavy (non-hydrogen) atoms. The third-order valence-electron chi connectivity index (χ3n) is 2.97. The molecule has 0 radical (unpaired) electrons. The summed E-state index contributed by atoms with van der Waals surface area (Å²) in [6, 6.07) is 2.59. The van der Waals surface area contributed by atoms with Crippen LogP contribution in [0.4, 0.5) is 5.69 Å². The van der Waals surface area contributed by atoms with E-state index in [4.69, 9.17) is 0 Å². The number of amides is 1. The quantitative estimate of drug-likeness (QED) is 0.723. The average Bonchev–Trinajstić information content (AvgIpc) is 2.35. The second-order valence-corrected chi connectivity index (χ2v) is 5.92. The molecule has 0 aromatic heterocycles. The van der Waals surface area contributed by atoms with Gasteiger partial charge in [0.25, 0.3) is 0 Å². The molecule has 0 aliphatic carbocycles. The Morgan fingerprint density at radius 3 is 1.87 bits per heavy atom. The maximum Gasteiger partial charge on any atom is 0.221 e. The van der Waals surface area contributed by atoms with E-state index in [1.54, 1.807) is 38.0 Å². The average molecular weight is 321 g/mol. The molecule has 1 rings (SSSR count). The minimum Gasteiger partial charge on any atom is -0.507 e. The van der Waals surface area contributed by atoms with Gasteiger partial charge in [-0.25, -0.2) is 0 Å². The number of hydrogen-bond donors (Lipinski definition) is 2. The van der Waals surface area contributed by atoms with Gasteiger partial charge in [0.05, 0.1) is 24.3 Å². The van der Waals surface area contributed by atoms with E-state index in [1.807, 2.05) is 0 Å². The minimum absolute atomic E-state index is 0.0647. The van der Waals surface area contributed by atoms with Crippen LogP contribution in [0.15, 0.2) is 12.1 Å². The highest BCUT2D eigenvalue weighted by molar-refractivity contribution is 6.09. The molecule has 0 spiro atoms. The van der Waals surface area contributed by atoms with Gasteiger partial charge in [0, 0.05) is 18.6 Å². The predicted molar refractivity (Wildman–Crippen MR) is 88.2 cm³/mol. The summed E-state index contributed by atoms with van der Waals surface area (Å²) < 4.78 is 0. The molecular formula is C16H23N3O4. The lowest BCUT2D eigenvalue weighted by molar-refractivity contribution is -0.114. The number of benzene rings is 1. The molecule has 0 unspecified atom stereocenters. The standard InChI is InChI=1S/C16H23N3O4/c1-10(20)17-13-7-14(21)12(16(23)9-19(4)5)6-11(13)15(22)8-18(2)3/h6-7,21H,8-9H2,1-5H3,(H,17,20). The predicted octanol–water partition coefficient (Wildman–Crippen LogP) is 0.839. The van der Waals surface area contributed by atoms with Crippen molar-refractivity contribution in [1.82, 2.24) is 9.80 Å². The third-order valence-corrected chi connectivity index (χ3v) is 2.97. The molecule has 1 amide bonds. The smallest absolute Gasteiger partial charge is 0.221 e. The first kappa shape index (κ1) is 18.8. The molecule has 0 bridgehead atoms. The number of aromatic hydroxyl groups is 1. The van der Waals surface area contributed by atoms with Crippen LogP contribution in [0.2, 0.25) is 0 Å². The Labute approximate surface area is 135 Å². The summed E-state index contributed by atoms with van der Waals surface area (Å²) in [5.41, 5.74) is 0.465. The van der Waals surface area contributed by atoms with Crippen LogP contribution in [-0.4, -0.2) is 73.7 Å². The van der Waals surface area contributed by atoms with Gasteiger partial charge in [0.2, 0.25) is 5.91 Å². The Bertz CT molecular complexity index is 624. The molecule has 0 saturated carbocycles. The highest BCUT2D eigenvalue weighted by atomic mass is 16.3. The van der Waals surface area contributed by atoms with Gasteiger partial charge in [-0.2, -0.15) is 0 Å². The summed E-state index contributed by atoms with van der Waals surface area (Å²) in [7, 11) is 6.96. The number of rotatable bonds is 7. The van der Waals surface area contributed by atoms with Crippen molar-refractivity contribution >= 4 is 23.2 Å². The van der Waals surface area contributed by atoms with Crippen molar-refractivity contribution in [3.63, 3.8) is 0 Å². The highest BCUT2D eigenvalue weighted by Crippen LogP contribution is 2.28. The second-order valence-electron chi connectivity index (χ2n) is 5.92. The van der Waals surface area contributed by atoms with Crippen molar-refractivity contribution in [3.8, 4) is 5.75 Å². The van der Waals surface area contributed by atoms with Crippen LogP contribution in [0.3, 0.4) is 0 Å². The molecule has 0 saturated heterocycles. The normalized spacial score (nSPS) is 10.9. The van der Waals surface area contributed by atoms with E-state index in [0.717, 1.165) is 0 Å². The number of nitrogens with one attached hydrogen (secondary N) is 1. The van der Waals surface area contributed by atoms with E-state index < -0.39 is 0 Å². The number of phenolic OH excluding ortho intramolecular Hbond substituents is 1. The van der Waals surface area contributed by atoms with Crippen molar-refractivity contribution in [2.45, 2.75) is 6.92 Å². The van der Waals surface area contributed by atoms with Gasteiger partial charge in [0.15, 0.2) is 11.6 Å². The summed E-state index contributed by atoms with van der Waals surface area (Å²) in [6.07, 6.45) is 0. The lowest BCUT2D eigenvalue weighted by Gasteiger charge is -2.16. The van der Waals surface area contributed by atoms with Gasteiger partial charge < -0.3 is 20.2 Å². The fourth-order valence-electron chi connectivity index (χ4n) is 2.08. The Kier molecular flexibility index (Phi) is 6.41. The summed E-state index contributed by atoms with van der Waals surface area (Å²) in [6.45, 7) is 1.54. The van der Waals surface area contributed by atoms with Crippen LogP contribution < -0.4 is 5.32 Å². The van der Waals surface area contributed by atoms with Crippen LogP contribution >= 0.6 is 0 Å². The lowest BCUT2D eigenvalue weighted by atomic mass is 10.0. The number of phenols is 1. The molecule has 0 atom stereocenters. The van der Waals surface area contributed by atoms with Crippen LogP contribution in [-0.2, 0) is 4.79 Å². The van der Waals surface area contributed by atoms with Crippen LogP contribution in [0, 0.1) is 0 Å². The molecule has 1 aromatic rings. The van der Waals surface area contributed by atoms with Gasteiger partial charge in [-0.1, -0.05) is 0 Å². The van der Waals surface area contributed by atoms with Crippen molar-refractivity contribution in [2.24, 2.45) is 0 Å². The van der Waals surface area contributed by atoms with Crippen LogP contribution in [0.5, 0.6) is 5.75 Å². The van der Waals surface area contributed by atoms with Gasteiger partial charge in [-0.05, 0) is 34.3 Å². The number of hydrogen-bond acceptors (Lipinski definition) is 6. The molecule has 0 fully saturated rings. The Morgan fingerprint density at radius 2 is 1.43 bits per heavy atom. The zero-order valence-corrected chi connectivity index (χ0v) is 14.1. The van der Waals surface area contributed by atoms with Crippen LogP contribution in [0.1, 0.15) is 27.6 Å². The Morgan fingerprint density at radius 1 is 0.957 bits per heavy atom. The number of carbonyl (C=O) groups is 3. The Balaban J connectivity index is 3.33. The molecular weight excluding hydrogens is 298 g/mol. The van der Waals surface area contributed by atoms with Gasteiger partial charge in [-0.15, -0.1) is 0 Å². The summed E-state index contributed by atoms with van der Waals surface area (Å²) in [4.78, 5) is 39.2.